The summed E-state index contributed by atoms with van der Waals surface area (Å²) in [6.07, 6.45) is 1.73. The number of hydrogen-bond acceptors (Lipinski definition) is 4. The van der Waals surface area contributed by atoms with E-state index in [1.807, 2.05) is 24.3 Å². The fourth-order valence-corrected chi connectivity index (χ4v) is 1.95. The molecular formula is C13H17BrN4O. The van der Waals surface area contributed by atoms with Gasteiger partial charge in [-0.15, -0.1) is 0 Å². The van der Waals surface area contributed by atoms with Gasteiger partial charge >= 0.3 is 0 Å². The molecule has 0 amide bonds. The molecule has 2 rings (SSSR count). The van der Waals surface area contributed by atoms with Gasteiger partial charge in [0.1, 0.15) is 18.7 Å². The Bertz CT molecular complexity index is 515. The zero-order valence-electron chi connectivity index (χ0n) is 10.8. The van der Waals surface area contributed by atoms with Crippen molar-refractivity contribution in [3.8, 4) is 5.75 Å². The summed E-state index contributed by atoms with van der Waals surface area (Å²) in [6, 6.07) is 7.79. The first-order chi connectivity index (χ1) is 9.28. The van der Waals surface area contributed by atoms with Gasteiger partial charge in [-0.2, -0.15) is 5.10 Å². The second kappa shape index (κ2) is 7.25. The van der Waals surface area contributed by atoms with Crippen molar-refractivity contribution in [3.05, 3.63) is 40.9 Å². The first kappa shape index (κ1) is 14.0. The maximum absolute atomic E-state index is 5.65. The summed E-state index contributed by atoms with van der Waals surface area (Å²) in [4.78, 5) is 4.22. The van der Waals surface area contributed by atoms with Crippen LogP contribution >= 0.6 is 15.9 Å². The third-order valence-electron chi connectivity index (χ3n) is 2.50. The topological polar surface area (TPSA) is 52.0 Å². The lowest BCUT2D eigenvalue weighted by atomic mass is 10.3. The fourth-order valence-electron chi connectivity index (χ4n) is 1.57. The molecule has 0 atom stereocenters. The lowest BCUT2D eigenvalue weighted by molar-refractivity contribution is 0.290. The molecule has 0 radical (unpaired) electrons. The van der Waals surface area contributed by atoms with Gasteiger partial charge in [0, 0.05) is 4.47 Å². The van der Waals surface area contributed by atoms with E-state index in [0.717, 1.165) is 22.6 Å². The van der Waals surface area contributed by atoms with Gasteiger partial charge < -0.3 is 10.1 Å². The highest BCUT2D eigenvalue weighted by atomic mass is 79.9. The van der Waals surface area contributed by atoms with Crippen LogP contribution in [0.1, 0.15) is 12.7 Å². The second-order valence-corrected chi connectivity index (χ2v) is 4.93. The number of aromatic nitrogens is 3. The SMILES string of the molecule is CCNCc1ncn(CCOc2cccc(Br)c2)n1. The van der Waals surface area contributed by atoms with E-state index in [-0.39, 0.29) is 0 Å². The number of rotatable bonds is 7. The van der Waals surface area contributed by atoms with Gasteiger partial charge in [-0.1, -0.05) is 28.9 Å². The van der Waals surface area contributed by atoms with E-state index in [2.05, 4.69) is 38.3 Å². The van der Waals surface area contributed by atoms with Crippen molar-refractivity contribution in [1.29, 1.82) is 0 Å². The summed E-state index contributed by atoms with van der Waals surface area (Å²) in [6.45, 7) is 4.94. The molecule has 2 aromatic rings. The molecule has 0 saturated heterocycles. The minimum atomic E-state index is 0.570. The van der Waals surface area contributed by atoms with Gasteiger partial charge in [-0.3, -0.25) is 0 Å². The maximum Gasteiger partial charge on any atom is 0.164 e. The van der Waals surface area contributed by atoms with Crippen molar-refractivity contribution in [3.63, 3.8) is 0 Å². The molecule has 0 bridgehead atoms. The average molecular weight is 325 g/mol. The van der Waals surface area contributed by atoms with E-state index >= 15 is 0 Å². The number of halogens is 1. The molecule has 0 aliphatic carbocycles. The largest absolute Gasteiger partial charge is 0.492 e. The predicted molar refractivity (Wildman–Crippen MR) is 77.0 cm³/mol. The summed E-state index contributed by atoms with van der Waals surface area (Å²) < 4.78 is 8.46. The molecule has 0 aliphatic rings. The highest BCUT2D eigenvalue weighted by Gasteiger charge is 2.00. The van der Waals surface area contributed by atoms with Crippen LogP contribution in [0, 0.1) is 0 Å². The highest BCUT2D eigenvalue weighted by molar-refractivity contribution is 9.10. The molecular weight excluding hydrogens is 308 g/mol. The monoisotopic (exact) mass is 324 g/mol. The molecule has 1 aromatic heterocycles. The number of nitrogens with zero attached hydrogens (tertiary/aromatic N) is 3. The fraction of sp³-hybridized carbons (Fsp3) is 0.385. The van der Waals surface area contributed by atoms with Crippen LogP contribution in [0.2, 0.25) is 0 Å². The Labute approximate surface area is 121 Å². The van der Waals surface area contributed by atoms with E-state index in [4.69, 9.17) is 4.74 Å². The van der Waals surface area contributed by atoms with E-state index in [0.29, 0.717) is 19.7 Å². The van der Waals surface area contributed by atoms with Gasteiger partial charge in [0.05, 0.1) is 13.1 Å². The molecule has 1 aromatic carbocycles. The molecule has 5 nitrogen and oxygen atoms in total. The Kier molecular flexibility index (Phi) is 5.35. The molecule has 0 saturated carbocycles. The molecule has 0 aliphatic heterocycles. The van der Waals surface area contributed by atoms with Gasteiger partial charge in [-0.05, 0) is 24.7 Å². The molecule has 0 spiro atoms. The Morgan fingerprint density at radius 3 is 3.11 bits per heavy atom. The quantitative estimate of drug-likeness (QED) is 0.848. The lowest BCUT2D eigenvalue weighted by Crippen LogP contribution is -2.14. The maximum atomic E-state index is 5.65. The first-order valence-electron chi connectivity index (χ1n) is 6.25. The third kappa shape index (κ3) is 4.65. The molecule has 0 fully saturated rings. The molecule has 102 valence electrons. The summed E-state index contributed by atoms with van der Waals surface area (Å²) in [7, 11) is 0. The number of ether oxygens (including phenoxy) is 1. The molecule has 6 heteroatoms. The Morgan fingerprint density at radius 2 is 2.32 bits per heavy atom. The standard InChI is InChI=1S/C13H17BrN4O/c1-2-15-9-13-16-10-18(17-13)6-7-19-12-5-3-4-11(14)8-12/h3-5,8,10,15H,2,6-7,9H2,1H3. The van der Waals surface area contributed by atoms with Crippen molar-refractivity contribution >= 4 is 15.9 Å². The van der Waals surface area contributed by atoms with Crippen LogP contribution in [-0.2, 0) is 13.1 Å². The zero-order chi connectivity index (χ0) is 13.5. The summed E-state index contributed by atoms with van der Waals surface area (Å²) in [5, 5.41) is 7.54. The van der Waals surface area contributed by atoms with E-state index in [9.17, 15) is 0 Å². The van der Waals surface area contributed by atoms with Crippen LogP contribution in [0.25, 0.3) is 0 Å². The summed E-state index contributed by atoms with van der Waals surface area (Å²) in [5.74, 6) is 1.66. The van der Waals surface area contributed by atoms with Crippen LogP contribution in [0.4, 0.5) is 0 Å². The van der Waals surface area contributed by atoms with Crippen molar-refractivity contribution in [2.75, 3.05) is 13.2 Å². The van der Waals surface area contributed by atoms with Crippen molar-refractivity contribution in [2.45, 2.75) is 20.0 Å². The van der Waals surface area contributed by atoms with Crippen molar-refractivity contribution in [2.24, 2.45) is 0 Å². The number of hydrogen-bond donors (Lipinski definition) is 1. The molecule has 1 heterocycles. The normalized spacial score (nSPS) is 10.6. The van der Waals surface area contributed by atoms with Gasteiger partial charge in [0.15, 0.2) is 5.82 Å². The van der Waals surface area contributed by atoms with Crippen molar-refractivity contribution < 1.29 is 4.74 Å². The molecule has 19 heavy (non-hydrogen) atoms. The zero-order valence-corrected chi connectivity index (χ0v) is 12.4. The first-order valence-corrected chi connectivity index (χ1v) is 7.04. The van der Waals surface area contributed by atoms with Crippen molar-refractivity contribution in [1.82, 2.24) is 20.1 Å². The average Bonchev–Trinajstić information content (AvgIpc) is 2.84. The molecule has 0 unspecified atom stereocenters. The van der Waals surface area contributed by atoms with Crippen LogP contribution in [0.3, 0.4) is 0 Å². The summed E-state index contributed by atoms with van der Waals surface area (Å²) >= 11 is 3.41. The number of nitrogens with one attached hydrogen (secondary N) is 1. The van der Waals surface area contributed by atoms with Gasteiger partial charge in [0.25, 0.3) is 0 Å². The Morgan fingerprint density at radius 1 is 1.42 bits per heavy atom. The van der Waals surface area contributed by atoms with Crippen LogP contribution in [0.15, 0.2) is 35.1 Å². The van der Waals surface area contributed by atoms with Crippen LogP contribution < -0.4 is 10.1 Å². The van der Waals surface area contributed by atoms with E-state index in [1.54, 1.807) is 11.0 Å². The van der Waals surface area contributed by atoms with E-state index in [1.165, 1.54) is 0 Å². The van der Waals surface area contributed by atoms with Crippen LogP contribution in [0.5, 0.6) is 5.75 Å². The minimum Gasteiger partial charge on any atom is -0.492 e. The predicted octanol–water partition coefficient (Wildman–Crippen LogP) is 2.23. The van der Waals surface area contributed by atoms with Gasteiger partial charge in [0.2, 0.25) is 0 Å². The summed E-state index contributed by atoms with van der Waals surface area (Å²) in [5.41, 5.74) is 0. The lowest BCUT2D eigenvalue weighted by Gasteiger charge is -2.06. The Hall–Kier alpha value is -1.40. The van der Waals surface area contributed by atoms with Gasteiger partial charge in [-0.25, -0.2) is 9.67 Å². The van der Waals surface area contributed by atoms with Crippen LogP contribution in [-0.4, -0.2) is 27.9 Å². The molecule has 1 N–H and O–H groups in total. The number of benzene rings is 1. The second-order valence-electron chi connectivity index (χ2n) is 4.01. The third-order valence-corrected chi connectivity index (χ3v) is 3.00. The minimum absolute atomic E-state index is 0.570. The smallest absolute Gasteiger partial charge is 0.164 e. The Balaban J connectivity index is 1.77. The van der Waals surface area contributed by atoms with E-state index < -0.39 is 0 Å². The highest BCUT2D eigenvalue weighted by Crippen LogP contribution is 2.17.